The number of nitrogens with one attached hydrogen (secondary N) is 1. The number of anilines is 2. The van der Waals surface area contributed by atoms with E-state index in [1.165, 1.54) is 24.4 Å². The monoisotopic (exact) mass is 237 g/mol. The van der Waals surface area contributed by atoms with Crippen molar-refractivity contribution in [1.29, 1.82) is 5.26 Å². The lowest BCUT2D eigenvalue weighted by Gasteiger charge is -2.19. The SMILES string of the molecule is CN1CCCC1CNc1snc(N)c1C#N. The van der Waals surface area contributed by atoms with Crippen LogP contribution in [0.25, 0.3) is 0 Å². The highest BCUT2D eigenvalue weighted by atomic mass is 32.1. The van der Waals surface area contributed by atoms with Crippen LogP contribution in [0.5, 0.6) is 0 Å². The number of rotatable bonds is 3. The van der Waals surface area contributed by atoms with Crippen LogP contribution in [-0.2, 0) is 0 Å². The Hall–Kier alpha value is -1.32. The highest BCUT2D eigenvalue weighted by molar-refractivity contribution is 7.10. The Morgan fingerprint density at radius 3 is 3.19 bits per heavy atom. The molecule has 1 fully saturated rings. The van der Waals surface area contributed by atoms with E-state index in [-0.39, 0.29) is 0 Å². The Bertz CT molecular complexity index is 408. The van der Waals surface area contributed by atoms with Gasteiger partial charge in [0.2, 0.25) is 0 Å². The first kappa shape index (κ1) is 11.2. The summed E-state index contributed by atoms with van der Waals surface area (Å²) in [5.74, 6) is 0.328. The van der Waals surface area contributed by atoms with Gasteiger partial charge in [0, 0.05) is 12.6 Å². The number of nitrogens with two attached hydrogens (primary N) is 1. The van der Waals surface area contributed by atoms with Crippen LogP contribution in [0.4, 0.5) is 10.8 Å². The minimum absolute atomic E-state index is 0.328. The number of nitrogen functional groups attached to an aromatic ring is 1. The van der Waals surface area contributed by atoms with Crippen LogP contribution < -0.4 is 11.1 Å². The van der Waals surface area contributed by atoms with Crippen molar-refractivity contribution < 1.29 is 0 Å². The van der Waals surface area contributed by atoms with Gasteiger partial charge >= 0.3 is 0 Å². The zero-order valence-electron chi connectivity index (χ0n) is 9.23. The first-order valence-electron chi connectivity index (χ1n) is 5.31. The van der Waals surface area contributed by atoms with E-state index >= 15 is 0 Å². The fraction of sp³-hybridized carbons (Fsp3) is 0.600. The third-order valence-electron chi connectivity index (χ3n) is 3.00. The van der Waals surface area contributed by atoms with Gasteiger partial charge in [0.25, 0.3) is 0 Å². The second kappa shape index (κ2) is 4.68. The summed E-state index contributed by atoms with van der Waals surface area (Å²) in [7, 11) is 2.13. The van der Waals surface area contributed by atoms with Crippen LogP contribution in [0.1, 0.15) is 18.4 Å². The Morgan fingerprint density at radius 1 is 1.75 bits per heavy atom. The topological polar surface area (TPSA) is 78.0 Å². The molecule has 0 aromatic carbocycles. The molecule has 1 aliphatic rings. The fourth-order valence-electron chi connectivity index (χ4n) is 1.98. The zero-order chi connectivity index (χ0) is 11.5. The van der Waals surface area contributed by atoms with Crippen LogP contribution in [-0.4, -0.2) is 35.5 Å². The third-order valence-corrected chi connectivity index (χ3v) is 3.82. The first-order valence-corrected chi connectivity index (χ1v) is 6.09. The van der Waals surface area contributed by atoms with Gasteiger partial charge in [-0.05, 0) is 38.0 Å². The molecule has 1 saturated heterocycles. The van der Waals surface area contributed by atoms with Crippen molar-refractivity contribution >= 4 is 22.4 Å². The molecule has 0 bridgehead atoms. The molecule has 3 N–H and O–H groups in total. The van der Waals surface area contributed by atoms with Gasteiger partial charge in [-0.25, -0.2) is 0 Å². The second-order valence-electron chi connectivity index (χ2n) is 4.04. The average molecular weight is 237 g/mol. The van der Waals surface area contributed by atoms with Gasteiger partial charge in [-0.2, -0.15) is 9.64 Å². The van der Waals surface area contributed by atoms with Gasteiger partial charge in [0.05, 0.1) is 0 Å². The van der Waals surface area contributed by atoms with Crippen molar-refractivity contribution in [2.24, 2.45) is 0 Å². The minimum Gasteiger partial charge on any atom is -0.382 e. The van der Waals surface area contributed by atoms with Crippen molar-refractivity contribution in [2.45, 2.75) is 18.9 Å². The average Bonchev–Trinajstić information content (AvgIpc) is 2.82. The number of likely N-dealkylation sites (tertiary alicyclic amines) is 1. The number of likely N-dealkylation sites (N-methyl/N-ethyl adjacent to an activating group) is 1. The molecule has 1 aromatic heterocycles. The molecule has 0 radical (unpaired) electrons. The highest BCUT2D eigenvalue weighted by Crippen LogP contribution is 2.26. The Kier molecular flexibility index (Phi) is 3.27. The molecule has 0 amide bonds. The number of nitriles is 1. The molecule has 2 rings (SSSR count). The lowest BCUT2D eigenvalue weighted by molar-refractivity contribution is 0.322. The van der Waals surface area contributed by atoms with E-state index < -0.39 is 0 Å². The van der Waals surface area contributed by atoms with E-state index in [0.29, 0.717) is 17.4 Å². The minimum atomic E-state index is 0.328. The summed E-state index contributed by atoms with van der Waals surface area (Å²) in [5, 5.41) is 13.0. The zero-order valence-corrected chi connectivity index (χ0v) is 10.0. The fourth-order valence-corrected chi connectivity index (χ4v) is 2.65. The molecule has 5 nitrogen and oxygen atoms in total. The molecule has 0 saturated carbocycles. The van der Waals surface area contributed by atoms with Gasteiger partial charge in [0.15, 0.2) is 5.82 Å². The quantitative estimate of drug-likeness (QED) is 0.823. The summed E-state index contributed by atoms with van der Waals surface area (Å²) in [6.07, 6.45) is 2.46. The molecule has 0 aliphatic carbocycles. The van der Waals surface area contributed by atoms with Crippen molar-refractivity contribution in [3.05, 3.63) is 5.56 Å². The van der Waals surface area contributed by atoms with Gasteiger partial charge in [0.1, 0.15) is 16.6 Å². The van der Waals surface area contributed by atoms with Crippen LogP contribution in [0, 0.1) is 11.3 Å². The Balaban J connectivity index is 1.97. The maximum Gasteiger partial charge on any atom is 0.157 e. The first-order chi connectivity index (χ1) is 7.72. The standard InChI is InChI=1S/C10H15N5S/c1-15-4-2-3-7(15)6-13-10-8(5-11)9(12)14-16-10/h7,13H,2-4,6H2,1H3,(H2,12,14). The highest BCUT2D eigenvalue weighted by Gasteiger charge is 2.21. The maximum atomic E-state index is 8.92. The molecule has 6 heteroatoms. The van der Waals surface area contributed by atoms with Gasteiger partial charge in [-0.3, -0.25) is 0 Å². The van der Waals surface area contributed by atoms with Crippen molar-refractivity contribution in [2.75, 3.05) is 31.2 Å². The molecule has 1 aromatic rings. The number of hydrogen-bond acceptors (Lipinski definition) is 6. The molecule has 86 valence electrons. The van der Waals surface area contributed by atoms with E-state index in [2.05, 4.69) is 27.7 Å². The second-order valence-corrected chi connectivity index (χ2v) is 4.81. The smallest absolute Gasteiger partial charge is 0.157 e. The summed E-state index contributed by atoms with van der Waals surface area (Å²) in [6, 6.07) is 2.63. The summed E-state index contributed by atoms with van der Waals surface area (Å²) < 4.78 is 3.97. The van der Waals surface area contributed by atoms with Crippen molar-refractivity contribution in [3.8, 4) is 6.07 Å². The van der Waals surface area contributed by atoms with Gasteiger partial charge < -0.3 is 16.0 Å². The predicted molar refractivity (Wildman–Crippen MR) is 65.4 cm³/mol. The lowest BCUT2D eigenvalue weighted by atomic mass is 10.2. The molecule has 1 atom stereocenters. The van der Waals surface area contributed by atoms with Gasteiger partial charge in [-0.15, -0.1) is 0 Å². The molecule has 16 heavy (non-hydrogen) atoms. The molecule has 0 spiro atoms. The van der Waals surface area contributed by atoms with E-state index in [0.717, 1.165) is 18.1 Å². The Morgan fingerprint density at radius 2 is 2.56 bits per heavy atom. The molecular formula is C10H15N5S. The summed E-state index contributed by atoms with van der Waals surface area (Å²) >= 11 is 1.26. The van der Waals surface area contributed by atoms with E-state index in [1.807, 2.05) is 0 Å². The van der Waals surface area contributed by atoms with Crippen LogP contribution >= 0.6 is 11.5 Å². The summed E-state index contributed by atoms with van der Waals surface area (Å²) in [4.78, 5) is 2.34. The van der Waals surface area contributed by atoms with E-state index in [1.54, 1.807) is 0 Å². The summed E-state index contributed by atoms with van der Waals surface area (Å²) in [6.45, 7) is 2.01. The Labute approximate surface area is 99.0 Å². The number of hydrogen-bond donors (Lipinski definition) is 2. The largest absolute Gasteiger partial charge is 0.382 e. The van der Waals surface area contributed by atoms with E-state index in [4.69, 9.17) is 11.0 Å². The maximum absolute atomic E-state index is 8.92. The number of aromatic nitrogens is 1. The third kappa shape index (κ3) is 2.10. The number of nitrogens with zero attached hydrogens (tertiary/aromatic N) is 3. The molecule has 2 heterocycles. The van der Waals surface area contributed by atoms with Crippen LogP contribution in [0.15, 0.2) is 0 Å². The summed E-state index contributed by atoms with van der Waals surface area (Å²) in [5.41, 5.74) is 6.07. The molecule has 1 aliphatic heterocycles. The van der Waals surface area contributed by atoms with Crippen molar-refractivity contribution in [3.63, 3.8) is 0 Å². The van der Waals surface area contributed by atoms with Crippen molar-refractivity contribution in [1.82, 2.24) is 9.27 Å². The normalized spacial score (nSPS) is 20.9. The van der Waals surface area contributed by atoms with E-state index in [9.17, 15) is 0 Å². The van der Waals surface area contributed by atoms with Crippen LogP contribution in [0.2, 0.25) is 0 Å². The lowest BCUT2D eigenvalue weighted by Crippen LogP contribution is -2.31. The molecule has 1 unspecified atom stereocenters. The van der Waals surface area contributed by atoms with Gasteiger partial charge in [-0.1, -0.05) is 0 Å². The molecular weight excluding hydrogens is 222 g/mol. The predicted octanol–water partition coefficient (Wildman–Crippen LogP) is 1.10. The van der Waals surface area contributed by atoms with Crippen LogP contribution in [0.3, 0.4) is 0 Å².